The zero-order chi connectivity index (χ0) is 20.3. The topological polar surface area (TPSA) is 38.8 Å². The first-order valence-corrected chi connectivity index (χ1v) is 10.0. The van der Waals surface area contributed by atoms with Gasteiger partial charge in [-0.05, 0) is 36.8 Å². The van der Waals surface area contributed by atoms with Gasteiger partial charge in [0, 0.05) is 12.1 Å². The van der Waals surface area contributed by atoms with E-state index in [9.17, 15) is 9.18 Å². The summed E-state index contributed by atoms with van der Waals surface area (Å²) in [5.74, 6) is 0.214. The van der Waals surface area contributed by atoms with E-state index >= 15 is 0 Å². The molecule has 1 fully saturated rings. The summed E-state index contributed by atoms with van der Waals surface area (Å²) in [5, 5.41) is 0.299. The van der Waals surface area contributed by atoms with Crippen LogP contribution in [-0.4, -0.2) is 28.8 Å². The van der Waals surface area contributed by atoms with Gasteiger partial charge in [-0.25, -0.2) is 4.39 Å². The summed E-state index contributed by atoms with van der Waals surface area (Å²) < 4.78 is 25.4. The van der Waals surface area contributed by atoms with E-state index in [1.165, 1.54) is 29.8 Å². The molecule has 1 heterocycles. The van der Waals surface area contributed by atoms with Gasteiger partial charge in [0.25, 0.3) is 5.91 Å². The Labute approximate surface area is 177 Å². The normalized spacial score (nSPS) is 15.4. The van der Waals surface area contributed by atoms with Gasteiger partial charge in [-0.15, -0.1) is 0 Å². The fourth-order valence-electron chi connectivity index (χ4n) is 2.65. The molecule has 3 rings (SSSR count). The van der Waals surface area contributed by atoms with Crippen molar-refractivity contribution in [3.63, 3.8) is 0 Å². The molecule has 4 nitrogen and oxygen atoms in total. The van der Waals surface area contributed by atoms with Crippen molar-refractivity contribution in [2.45, 2.75) is 13.5 Å². The van der Waals surface area contributed by atoms with Crippen molar-refractivity contribution in [1.82, 2.24) is 4.90 Å². The highest BCUT2D eigenvalue weighted by Crippen LogP contribution is 2.39. The van der Waals surface area contributed by atoms with Crippen LogP contribution in [-0.2, 0) is 11.4 Å². The summed E-state index contributed by atoms with van der Waals surface area (Å²) in [6.45, 7) is 2.40. The highest BCUT2D eigenvalue weighted by atomic mass is 35.5. The van der Waals surface area contributed by atoms with E-state index in [4.69, 9.17) is 33.3 Å². The summed E-state index contributed by atoms with van der Waals surface area (Å²) in [6.07, 6.45) is 1.71. The van der Waals surface area contributed by atoms with Crippen LogP contribution >= 0.6 is 35.6 Å². The first kappa shape index (κ1) is 20.6. The van der Waals surface area contributed by atoms with Crippen LogP contribution in [0.3, 0.4) is 0 Å². The zero-order valence-electron chi connectivity index (χ0n) is 15.2. The third-order valence-electron chi connectivity index (χ3n) is 4.07. The predicted molar refractivity (Wildman–Crippen MR) is 114 cm³/mol. The third-order valence-corrected chi connectivity index (χ3v) is 5.73. The van der Waals surface area contributed by atoms with Gasteiger partial charge in [-0.2, -0.15) is 0 Å². The average molecular weight is 438 g/mol. The first-order chi connectivity index (χ1) is 13.4. The molecule has 0 aliphatic carbocycles. The standard InChI is InChI=1S/C20H17ClFNO3S2/c1-3-23-19(24)17(28-20(23)27)10-12-8-14(21)18(16(9-12)25-2)26-11-13-6-4-5-7-15(13)22/h4-10H,3,11H2,1-2H3/b17-10+. The van der Waals surface area contributed by atoms with E-state index in [-0.39, 0.29) is 18.3 Å². The van der Waals surface area contributed by atoms with Crippen LogP contribution in [0.25, 0.3) is 6.08 Å². The molecule has 2 aromatic carbocycles. The summed E-state index contributed by atoms with van der Waals surface area (Å²) in [4.78, 5) is 14.4. The van der Waals surface area contributed by atoms with Crippen LogP contribution in [0.1, 0.15) is 18.1 Å². The van der Waals surface area contributed by atoms with Crippen LogP contribution in [0, 0.1) is 5.82 Å². The number of thioether (sulfide) groups is 1. The van der Waals surface area contributed by atoms with Gasteiger partial charge in [0.2, 0.25) is 0 Å². The number of thiocarbonyl (C=S) groups is 1. The molecule has 0 saturated carbocycles. The molecule has 146 valence electrons. The molecule has 1 amide bonds. The van der Waals surface area contributed by atoms with Crippen molar-refractivity contribution in [2.24, 2.45) is 0 Å². The lowest BCUT2D eigenvalue weighted by molar-refractivity contribution is -0.121. The molecule has 8 heteroatoms. The molecule has 0 unspecified atom stereocenters. The molecule has 1 saturated heterocycles. The monoisotopic (exact) mass is 437 g/mol. The zero-order valence-corrected chi connectivity index (χ0v) is 17.6. The van der Waals surface area contributed by atoms with Crippen LogP contribution in [0.4, 0.5) is 4.39 Å². The number of benzene rings is 2. The van der Waals surface area contributed by atoms with Crippen LogP contribution in [0.5, 0.6) is 11.5 Å². The van der Waals surface area contributed by atoms with Crippen LogP contribution < -0.4 is 9.47 Å². The fraction of sp³-hybridized carbons (Fsp3) is 0.200. The number of likely N-dealkylation sites (N-methyl/N-ethyl adjacent to an activating group) is 1. The van der Waals surface area contributed by atoms with Gasteiger partial charge in [0.15, 0.2) is 11.5 Å². The second kappa shape index (κ2) is 8.94. The van der Waals surface area contributed by atoms with Crippen LogP contribution in [0.2, 0.25) is 5.02 Å². The second-order valence-corrected chi connectivity index (χ2v) is 7.92. The largest absolute Gasteiger partial charge is 0.493 e. The Morgan fingerprint density at radius 1 is 1.32 bits per heavy atom. The summed E-state index contributed by atoms with van der Waals surface area (Å²) in [5.41, 5.74) is 1.09. The number of nitrogens with zero attached hydrogens (tertiary/aromatic N) is 1. The lowest BCUT2D eigenvalue weighted by Gasteiger charge is -2.14. The Hall–Kier alpha value is -2.09. The predicted octanol–water partition coefficient (Wildman–Crippen LogP) is 5.29. The van der Waals surface area contributed by atoms with E-state index in [1.54, 1.807) is 36.4 Å². The molecule has 2 aromatic rings. The maximum atomic E-state index is 13.8. The molecule has 0 bridgehead atoms. The highest BCUT2D eigenvalue weighted by molar-refractivity contribution is 8.26. The highest BCUT2D eigenvalue weighted by Gasteiger charge is 2.30. The molecule has 28 heavy (non-hydrogen) atoms. The van der Waals surface area contributed by atoms with E-state index in [2.05, 4.69) is 0 Å². The number of hydrogen-bond donors (Lipinski definition) is 0. The van der Waals surface area contributed by atoms with Crippen molar-refractivity contribution in [1.29, 1.82) is 0 Å². The van der Waals surface area contributed by atoms with Crippen molar-refractivity contribution in [3.05, 3.63) is 63.3 Å². The quantitative estimate of drug-likeness (QED) is 0.453. The summed E-state index contributed by atoms with van der Waals surface area (Å²) in [7, 11) is 1.49. The Bertz CT molecular complexity index is 964. The molecule has 0 radical (unpaired) electrons. The van der Waals surface area contributed by atoms with Gasteiger partial charge in [0.05, 0.1) is 17.0 Å². The number of methoxy groups -OCH3 is 1. The Morgan fingerprint density at radius 3 is 2.71 bits per heavy atom. The molecule has 1 aliphatic heterocycles. The van der Waals surface area contributed by atoms with Gasteiger partial charge in [0.1, 0.15) is 16.7 Å². The second-order valence-electron chi connectivity index (χ2n) is 5.84. The van der Waals surface area contributed by atoms with Crippen molar-refractivity contribution in [3.8, 4) is 11.5 Å². The maximum absolute atomic E-state index is 13.8. The molecule has 1 aliphatic rings. The van der Waals surface area contributed by atoms with Gasteiger partial charge in [-0.1, -0.05) is 53.8 Å². The SMILES string of the molecule is CCN1C(=O)/C(=C\c2cc(Cl)c(OCc3ccccc3F)c(OC)c2)SC1=S. The molecular weight excluding hydrogens is 421 g/mol. The number of hydrogen-bond acceptors (Lipinski definition) is 5. The number of halogens is 2. The van der Waals surface area contributed by atoms with Gasteiger partial charge >= 0.3 is 0 Å². The minimum Gasteiger partial charge on any atom is -0.493 e. The number of carbonyl (C=O) groups is 1. The van der Waals surface area contributed by atoms with E-state index in [1.807, 2.05) is 6.92 Å². The summed E-state index contributed by atoms with van der Waals surface area (Å²) in [6, 6.07) is 9.73. The number of amides is 1. The third kappa shape index (κ3) is 4.32. The Kier molecular flexibility index (Phi) is 6.59. The molecular formula is C20H17ClFNO3S2. The Morgan fingerprint density at radius 2 is 2.07 bits per heavy atom. The van der Waals surface area contributed by atoms with E-state index in [0.717, 1.165) is 0 Å². The van der Waals surface area contributed by atoms with E-state index in [0.29, 0.717) is 43.4 Å². The number of rotatable bonds is 6. The minimum atomic E-state index is -0.354. The van der Waals surface area contributed by atoms with Gasteiger partial charge in [-0.3, -0.25) is 9.69 Å². The van der Waals surface area contributed by atoms with Gasteiger partial charge < -0.3 is 9.47 Å². The summed E-state index contributed by atoms with van der Waals surface area (Å²) >= 11 is 12.8. The van der Waals surface area contributed by atoms with Crippen molar-refractivity contribution < 1.29 is 18.7 Å². The molecule has 0 atom stereocenters. The molecule has 0 N–H and O–H groups in total. The number of ether oxygens (including phenoxy) is 2. The van der Waals surface area contributed by atoms with Crippen molar-refractivity contribution in [2.75, 3.05) is 13.7 Å². The molecule has 0 spiro atoms. The molecule has 0 aromatic heterocycles. The van der Waals surface area contributed by atoms with Crippen molar-refractivity contribution >= 4 is 51.9 Å². The fourth-order valence-corrected chi connectivity index (χ4v) is 4.31. The Balaban J connectivity index is 1.86. The smallest absolute Gasteiger partial charge is 0.266 e. The first-order valence-electron chi connectivity index (χ1n) is 8.43. The van der Waals surface area contributed by atoms with Crippen LogP contribution in [0.15, 0.2) is 41.3 Å². The maximum Gasteiger partial charge on any atom is 0.266 e. The van der Waals surface area contributed by atoms with E-state index < -0.39 is 0 Å². The minimum absolute atomic E-state index is 0.0112. The number of carbonyl (C=O) groups excluding carboxylic acids is 1. The average Bonchev–Trinajstić information content (AvgIpc) is 2.94. The lowest BCUT2D eigenvalue weighted by Crippen LogP contribution is -2.27. The lowest BCUT2D eigenvalue weighted by atomic mass is 10.1.